The van der Waals surface area contributed by atoms with Crippen LogP contribution in [-0.2, 0) is 9.59 Å². The Balaban J connectivity index is 1.91. The standard InChI is InChI=1S/C16H26F3N3O2/c1-21(2)7-8-22-10-11(9-14(22)23)15(24)20-13-6-4-3-5-12(13)16(17,18)19/h11-13H,3-10H2,1-2H3,(H,20,24)/t11-,12+,13+/m1/s1. The first-order valence-electron chi connectivity index (χ1n) is 8.48. The number of nitrogens with one attached hydrogen (secondary N) is 1. The van der Waals surface area contributed by atoms with Gasteiger partial charge in [0.15, 0.2) is 0 Å². The zero-order chi connectivity index (χ0) is 17.9. The number of carbonyl (C=O) groups is 2. The van der Waals surface area contributed by atoms with E-state index in [1.165, 1.54) is 0 Å². The lowest BCUT2D eigenvalue weighted by atomic mass is 9.83. The largest absolute Gasteiger partial charge is 0.393 e. The number of carbonyl (C=O) groups excluding carboxylic acids is 2. The number of likely N-dealkylation sites (tertiary alicyclic amines) is 1. The maximum absolute atomic E-state index is 13.1. The summed E-state index contributed by atoms with van der Waals surface area (Å²) in [6.45, 7) is 1.52. The summed E-state index contributed by atoms with van der Waals surface area (Å²) in [7, 11) is 3.79. The normalized spacial score (nSPS) is 28.5. The number of likely N-dealkylation sites (N-methyl/N-ethyl adjacent to an activating group) is 1. The van der Waals surface area contributed by atoms with Crippen molar-refractivity contribution in [2.24, 2.45) is 11.8 Å². The highest BCUT2D eigenvalue weighted by Gasteiger charge is 2.46. The first-order chi connectivity index (χ1) is 11.2. The SMILES string of the molecule is CN(C)CCN1C[C@H](C(=O)N[C@H]2CCCC[C@@H]2C(F)(F)F)CC1=O. The maximum atomic E-state index is 13.1. The summed E-state index contributed by atoms with van der Waals surface area (Å²) in [4.78, 5) is 27.9. The third kappa shape index (κ3) is 4.84. The molecule has 2 amide bonds. The van der Waals surface area contributed by atoms with Gasteiger partial charge < -0.3 is 15.1 Å². The Hall–Kier alpha value is -1.31. The lowest BCUT2D eigenvalue weighted by Crippen LogP contribution is -2.49. The van der Waals surface area contributed by atoms with Gasteiger partial charge in [-0.1, -0.05) is 12.8 Å². The van der Waals surface area contributed by atoms with E-state index in [4.69, 9.17) is 0 Å². The highest BCUT2D eigenvalue weighted by molar-refractivity contribution is 5.89. The van der Waals surface area contributed by atoms with Crippen LogP contribution in [0.4, 0.5) is 13.2 Å². The van der Waals surface area contributed by atoms with E-state index in [1.807, 2.05) is 19.0 Å². The summed E-state index contributed by atoms with van der Waals surface area (Å²) in [5.74, 6) is -2.54. The molecular weight excluding hydrogens is 323 g/mol. The lowest BCUT2D eigenvalue weighted by molar-refractivity contribution is -0.189. The second-order valence-corrected chi connectivity index (χ2v) is 7.09. The van der Waals surface area contributed by atoms with Crippen molar-refractivity contribution in [3.05, 3.63) is 0 Å². The van der Waals surface area contributed by atoms with E-state index in [1.54, 1.807) is 4.90 Å². The Kier molecular flexibility index (Phi) is 6.11. The van der Waals surface area contributed by atoms with Crippen molar-refractivity contribution < 1.29 is 22.8 Å². The van der Waals surface area contributed by atoms with Crippen molar-refractivity contribution in [1.82, 2.24) is 15.1 Å². The summed E-state index contributed by atoms with van der Waals surface area (Å²) in [6.07, 6.45) is -2.56. The van der Waals surface area contributed by atoms with E-state index in [2.05, 4.69) is 5.32 Å². The topological polar surface area (TPSA) is 52.6 Å². The predicted octanol–water partition coefficient (Wildman–Crippen LogP) is 1.63. The van der Waals surface area contributed by atoms with E-state index >= 15 is 0 Å². The van der Waals surface area contributed by atoms with Gasteiger partial charge >= 0.3 is 6.18 Å². The number of nitrogens with zero attached hydrogens (tertiary/aromatic N) is 2. The Labute approximate surface area is 140 Å². The molecule has 8 heteroatoms. The molecule has 1 aliphatic carbocycles. The van der Waals surface area contributed by atoms with Crippen LogP contribution in [0, 0.1) is 11.8 Å². The smallest absolute Gasteiger partial charge is 0.352 e. The zero-order valence-corrected chi connectivity index (χ0v) is 14.2. The van der Waals surface area contributed by atoms with Crippen LogP contribution >= 0.6 is 0 Å². The maximum Gasteiger partial charge on any atom is 0.393 e. The second-order valence-electron chi connectivity index (χ2n) is 7.09. The predicted molar refractivity (Wildman–Crippen MR) is 83.2 cm³/mol. The molecule has 2 rings (SSSR count). The molecule has 0 spiro atoms. The van der Waals surface area contributed by atoms with E-state index < -0.39 is 30.0 Å². The number of hydrogen-bond donors (Lipinski definition) is 1. The van der Waals surface area contributed by atoms with Crippen molar-refractivity contribution >= 4 is 11.8 Å². The van der Waals surface area contributed by atoms with Crippen molar-refractivity contribution in [3.8, 4) is 0 Å². The summed E-state index contributed by atoms with van der Waals surface area (Å²) >= 11 is 0. The number of amides is 2. The molecule has 1 saturated heterocycles. The Morgan fingerprint density at radius 3 is 2.58 bits per heavy atom. The van der Waals surface area contributed by atoms with Gasteiger partial charge in [-0.3, -0.25) is 9.59 Å². The molecule has 0 bridgehead atoms. The van der Waals surface area contributed by atoms with Crippen LogP contribution in [0.15, 0.2) is 0 Å². The van der Waals surface area contributed by atoms with Gasteiger partial charge in [0.05, 0.1) is 11.8 Å². The van der Waals surface area contributed by atoms with Gasteiger partial charge in [0.25, 0.3) is 0 Å². The molecular formula is C16H26F3N3O2. The monoisotopic (exact) mass is 349 g/mol. The van der Waals surface area contributed by atoms with Crippen molar-refractivity contribution in [3.63, 3.8) is 0 Å². The van der Waals surface area contributed by atoms with E-state index in [0.717, 1.165) is 0 Å². The Morgan fingerprint density at radius 1 is 1.29 bits per heavy atom. The molecule has 0 aromatic carbocycles. The van der Waals surface area contributed by atoms with E-state index in [-0.39, 0.29) is 18.7 Å². The van der Waals surface area contributed by atoms with Gasteiger partial charge in [0.2, 0.25) is 11.8 Å². The first kappa shape index (κ1) is 19.0. The number of halogens is 3. The molecule has 0 radical (unpaired) electrons. The fourth-order valence-electron chi connectivity index (χ4n) is 3.48. The third-order valence-electron chi connectivity index (χ3n) is 4.92. The molecule has 0 aromatic heterocycles. The molecule has 1 aliphatic heterocycles. The summed E-state index contributed by atoms with van der Waals surface area (Å²) in [5.41, 5.74) is 0. The second kappa shape index (κ2) is 7.72. The van der Waals surface area contributed by atoms with Gasteiger partial charge in [0.1, 0.15) is 0 Å². The number of hydrogen-bond acceptors (Lipinski definition) is 3. The fraction of sp³-hybridized carbons (Fsp3) is 0.875. The highest BCUT2D eigenvalue weighted by atomic mass is 19.4. The molecule has 3 atom stereocenters. The molecule has 0 unspecified atom stereocenters. The first-order valence-corrected chi connectivity index (χ1v) is 8.48. The van der Waals surface area contributed by atoms with Gasteiger partial charge in [0, 0.05) is 32.1 Å². The van der Waals surface area contributed by atoms with Gasteiger partial charge in [-0.25, -0.2) is 0 Å². The van der Waals surface area contributed by atoms with E-state index in [0.29, 0.717) is 38.9 Å². The Bertz CT molecular complexity index is 468. The van der Waals surface area contributed by atoms with Crippen LogP contribution in [-0.4, -0.2) is 67.6 Å². The molecule has 1 N–H and O–H groups in total. The van der Waals surface area contributed by atoms with Gasteiger partial charge in [-0.05, 0) is 26.9 Å². The highest BCUT2D eigenvalue weighted by Crippen LogP contribution is 2.38. The van der Waals surface area contributed by atoms with Crippen LogP contribution in [0.25, 0.3) is 0 Å². The third-order valence-corrected chi connectivity index (χ3v) is 4.92. The molecule has 1 saturated carbocycles. The molecule has 5 nitrogen and oxygen atoms in total. The average molecular weight is 349 g/mol. The summed E-state index contributed by atoms with van der Waals surface area (Å²) in [6, 6.07) is -0.864. The number of alkyl halides is 3. The number of rotatable bonds is 5. The quantitative estimate of drug-likeness (QED) is 0.821. The minimum atomic E-state index is -4.29. The molecule has 24 heavy (non-hydrogen) atoms. The van der Waals surface area contributed by atoms with Crippen LogP contribution in [0.5, 0.6) is 0 Å². The molecule has 0 aromatic rings. The van der Waals surface area contributed by atoms with Crippen molar-refractivity contribution in [1.29, 1.82) is 0 Å². The summed E-state index contributed by atoms with van der Waals surface area (Å²) < 4.78 is 39.3. The fourth-order valence-corrected chi connectivity index (χ4v) is 3.48. The van der Waals surface area contributed by atoms with E-state index in [9.17, 15) is 22.8 Å². The lowest BCUT2D eigenvalue weighted by Gasteiger charge is -2.34. The molecule has 138 valence electrons. The van der Waals surface area contributed by atoms with Crippen molar-refractivity contribution in [2.45, 2.75) is 44.3 Å². The van der Waals surface area contributed by atoms with Gasteiger partial charge in [-0.15, -0.1) is 0 Å². The molecule has 2 fully saturated rings. The van der Waals surface area contributed by atoms with Crippen molar-refractivity contribution in [2.75, 3.05) is 33.7 Å². The Morgan fingerprint density at radius 2 is 1.96 bits per heavy atom. The zero-order valence-electron chi connectivity index (χ0n) is 14.2. The van der Waals surface area contributed by atoms with Gasteiger partial charge in [-0.2, -0.15) is 13.2 Å². The molecule has 2 aliphatic rings. The van der Waals surface area contributed by atoms with Crippen LogP contribution in [0.1, 0.15) is 32.1 Å². The van der Waals surface area contributed by atoms with Crippen LogP contribution in [0.3, 0.4) is 0 Å². The average Bonchev–Trinajstić information content (AvgIpc) is 2.86. The van der Waals surface area contributed by atoms with Crippen LogP contribution in [0.2, 0.25) is 0 Å². The molecule has 1 heterocycles. The summed E-state index contributed by atoms with van der Waals surface area (Å²) in [5, 5.41) is 2.58. The van der Waals surface area contributed by atoms with Crippen LogP contribution < -0.4 is 5.32 Å². The minimum Gasteiger partial charge on any atom is -0.352 e. The minimum absolute atomic E-state index is 0.0625.